The minimum Gasteiger partial charge on any atom is -0.469 e. The van der Waals surface area contributed by atoms with Crippen LogP contribution in [0.1, 0.15) is 60.3 Å². The molecule has 0 unspecified atom stereocenters. The highest BCUT2D eigenvalue weighted by atomic mass is 16.7. The van der Waals surface area contributed by atoms with Gasteiger partial charge in [0.2, 0.25) is 5.91 Å². The minimum atomic E-state index is -0.713. The number of methoxy groups -OCH3 is 1. The van der Waals surface area contributed by atoms with Crippen molar-refractivity contribution in [1.82, 2.24) is 10.2 Å². The quantitative estimate of drug-likeness (QED) is 0.114. The van der Waals surface area contributed by atoms with Gasteiger partial charge in [-0.15, -0.1) is 0 Å². The van der Waals surface area contributed by atoms with Gasteiger partial charge in [-0.25, -0.2) is 4.79 Å². The second-order valence-electron chi connectivity index (χ2n) is 12.9. The number of rotatable bonds is 11. The van der Waals surface area contributed by atoms with Crippen LogP contribution in [0.2, 0.25) is 0 Å². The summed E-state index contributed by atoms with van der Waals surface area (Å²) in [4.78, 5) is 50.3. The molecule has 0 radical (unpaired) electrons. The van der Waals surface area contributed by atoms with Crippen molar-refractivity contribution in [3.63, 3.8) is 0 Å². The molecular formula is C34H50N2O11. The van der Waals surface area contributed by atoms with Crippen LogP contribution in [0.15, 0.2) is 36.0 Å². The molecule has 0 saturated carbocycles. The fraction of sp³-hybridized carbons (Fsp3) is 0.706. The third kappa shape index (κ3) is 10.6. The number of hydrogen-bond donors (Lipinski definition) is 1. The molecule has 1 N–H and O–H groups in total. The van der Waals surface area contributed by atoms with E-state index in [1.165, 1.54) is 20.1 Å². The molecule has 4 rings (SSSR count). The number of carbonyl (C=O) groups is 4. The predicted molar refractivity (Wildman–Crippen MR) is 169 cm³/mol. The average Bonchev–Trinajstić information content (AvgIpc) is 3.80. The molecule has 0 aromatic carbocycles. The van der Waals surface area contributed by atoms with Gasteiger partial charge in [-0.2, -0.15) is 0 Å². The zero-order valence-corrected chi connectivity index (χ0v) is 28.3. The van der Waals surface area contributed by atoms with E-state index in [9.17, 15) is 19.2 Å². The van der Waals surface area contributed by atoms with Crippen LogP contribution in [0.25, 0.3) is 0 Å². The fourth-order valence-electron chi connectivity index (χ4n) is 6.24. The Labute approximate surface area is 276 Å². The second kappa shape index (κ2) is 16.7. The van der Waals surface area contributed by atoms with E-state index in [1.54, 1.807) is 17.9 Å². The molecule has 4 heterocycles. The minimum absolute atomic E-state index is 0.0400. The number of allylic oxidation sites excluding steroid dienone is 2. The van der Waals surface area contributed by atoms with Crippen molar-refractivity contribution < 1.29 is 52.3 Å². The van der Waals surface area contributed by atoms with Gasteiger partial charge in [0.15, 0.2) is 6.10 Å². The van der Waals surface area contributed by atoms with E-state index in [-0.39, 0.29) is 42.5 Å². The van der Waals surface area contributed by atoms with E-state index in [4.69, 9.17) is 33.2 Å². The summed E-state index contributed by atoms with van der Waals surface area (Å²) in [5, 5.41) is 3.00. The lowest BCUT2D eigenvalue weighted by Gasteiger charge is -2.40. The maximum absolute atomic E-state index is 13.1. The van der Waals surface area contributed by atoms with Crippen molar-refractivity contribution in [2.75, 3.05) is 40.0 Å². The first kappa shape index (κ1) is 36.6. The first-order valence-electron chi connectivity index (χ1n) is 16.4. The van der Waals surface area contributed by atoms with Gasteiger partial charge >= 0.3 is 18.0 Å². The largest absolute Gasteiger partial charge is 0.469 e. The molecule has 47 heavy (non-hydrogen) atoms. The van der Waals surface area contributed by atoms with Crippen molar-refractivity contribution in [3.05, 3.63) is 36.0 Å². The van der Waals surface area contributed by atoms with Gasteiger partial charge in [-0.1, -0.05) is 30.7 Å². The molecule has 13 heteroatoms. The summed E-state index contributed by atoms with van der Waals surface area (Å²) in [5.41, 5.74) is 0.258. The van der Waals surface area contributed by atoms with Crippen molar-refractivity contribution in [1.29, 1.82) is 0 Å². The Balaban J connectivity index is 1.35. The van der Waals surface area contributed by atoms with Crippen molar-refractivity contribution >= 4 is 23.9 Å². The number of morpholine rings is 1. The summed E-state index contributed by atoms with van der Waals surface area (Å²) >= 11 is 0. The molecule has 0 aliphatic carbocycles. The molecule has 4 aliphatic rings. The van der Waals surface area contributed by atoms with Gasteiger partial charge in [0, 0.05) is 32.5 Å². The van der Waals surface area contributed by atoms with E-state index in [2.05, 4.69) is 18.3 Å². The number of carbonyl (C=O) groups excluding carboxylic acids is 4. The second-order valence-corrected chi connectivity index (χ2v) is 12.9. The summed E-state index contributed by atoms with van der Waals surface area (Å²) < 4.78 is 39.8. The fourth-order valence-corrected chi connectivity index (χ4v) is 6.24. The molecule has 0 aromatic rings. The molecule has 4 fully saturated rings. The molecule has 4 saturated heterocycles. The lowest BCUT2D eigenvalue weighted by molar-refractivity contribution is -0.159. The van der Waals surface area contributed by atoms with Crippen LogP contribution in [0.5, 0.6) is 0 Å². The lowest BCUT2D eigenvalue weighted by Crippen LogP contribution is -2.54. The Bertz CT molecular complexity index is 1210. The molecule has 2 amide bonds. The SMILES string of the molecule is COC(=O)C[C@@H]1C[C@@]2(CO2)[C@H](OC(=O)N2CCOCC2)[C@@H](/C=C/C(C)=C/C[C@@H]2O[C@H](C)[C@H](NC(=O)/C=C\[C@H](C)OC(C)=O)C[C@@H]2C)O1. The van der Waals surface area contributed by atoms with Crippen LogP contribution >= 0.6 is 0 Å². The van der Waals surface area contributed by atoms with Gasteiger partial charge in [-0.3, -0.25) is 14.4 Å². The third-order valence-corrected chi connectivity index (χ3v) is 9.01. The van der Waals surface area contributed by atoms with Gasteiger partial charge in [0.1, 0.15) is 17.8 Å². The summed E-state index contributed by atoms with van der Waals surface area (Å²) in [6, 6.07) is -0.150. The highest BCUT2D eigenvalue weighted by molar-refractivity contribution is 5.87. The van der Waals surface area contributed by atoms with Crippen molar-refractivity contribution in [2.45, 2.75) is 109 Å². The molecule has 0 aromatic heterocycles. The predicted octanol–water partition coefficient (Wildman–Crippen LogP) is 3.01. The van der Waals surface area contributed by atoms with E-state index in [0.717, 1.165) is 12.0 Å². The number of nitrogens with one attached hydrogen (secondary N) is 1. The monoisotopic (exact) mass is 662 g/mol. The maximum atomic E-state index is 13.1. The van der Waals surface area contributed by atoms with Gasteiger partial charge in [0.05, 0.1) is 57.7 Å². The molecule has 4 aliphatic heterocycles. The smallest absolute Gasteiger partial charge is 0.410 e. The Kier molecular flexibility index (Phi) is 13.0. The van der Waals surface area contributed by atoms with E-state index in [1.807, 2.05) is 26.0 Å². The number of nitrogens with zero attached hydrogens (tertiary/aromatic N) is 1. The molecule has 262 valence electrons. The number of epoxide rings is 1. The zero-order chi connectivity index (χ0) is 34.1. The summed E-state index contributed by atoms with van der Waals surface area (Å²) in [6.45, 7) is 11.3. The van der Waals surface area contributed by atoms with E-state index < -0.39 is 42.1 Å². The number of esters is 2. The van der Waals surface area contributed by atoms with Crippen LogP contribution in [0.3, 0.4) is 0 Å². The topological polar surface area (TPSA) is 151 Å². The first-order valence-corrected chi connectivity index (χ1v) is 16.4. The molecule has 9 atom stereocenters. The number of ether oxygens (including phenoxy) is 7. The Morgan fingerprint density at radius 3 is 2.47 bits per heavy atom. The Hall–Kier alpha value is -3.26. The molecular weight excluding hydrogens is 612 g/mol. The summed E-state index contributed by atoms with van der Waals surface area (Å²) in [7, 11) is 1.34. The Morgan fingerprint density at radius 2 is 1.81 bits per heavy atom. The van der Waals surface area contributed by atoms with Crippen LogP contribution in [0, 0.1) is 5.92 Å². The molecule has 1 spiro atoms. The van der Waals surface area contributed by atoms with E-state index >= 15 is 0 Å². The standard InChI is InChI=1S/C34H50N2O11/c1-21(7-10-28-22(2)17-27(24(4)45-28)35-30(38)12-9-23(3)44-25(5)37)8-11-29-32(47-33(40)36-13-15-42-16-14-36)34(20-43-34)19-26(46-29)18-31(39)41-6/h7-9,11-12,22-24,26-29,32H,10,13-20H2,1-6H3,(H,35,38)/b11-8+,12-9-,21-7+/t22-,23-,24+,26+,27+,28-,29+,32+,34+/m0/s1. The molecule has 0 bridgehead atoms. The maximum Gasteiger partial charge on any atom is 0.410 e. The van der Waals surface area contributed by atoms with Gasteiger partial charge in [-0.05, 0) is 45.6 Å². The van der Waals surface area contributed by atoms with Crippen LogP contribution in [0.4, 0.5) is 4.79 Å². The van der Waals surface area contributed by atoms with Gasteiger partial charge in [0.25, 0.3) is 0 Å². The van der Waals surface area contributed by atoms with Gasteiger partial charge < -0.3 is 43.4 Å². The van der Waals surface area contributed by atoms with Crippen LogP contribution in [-0.4, -0.2) is 117 Å². The van der Waals surface area contributed by atoms with Crippen molar-refractivity contribution in [2.24, 2.45) is 5.92 Å². The highest BCUT2D eigenvalue weighted by Gasteiger charge is 2.61. The summed E-state index contributed by atoms with van der Waals surface area (Å²) in [6.07, 6.45) is 7.83. The Morgan fingerprint density at radius 1 is 1.09 bits per heavy atom. The van der Waals surface area contributed by atoms with Crippen molar-refractivity contribution in [3.8, 4) is 0 Å². The highest BCUT2D eigenvalue weighted by Crippen LogP contribution is 2.45. The lowest BCUT2D eigenvalue weighted by atomic mass is 9.87. The van der Waals surface area contributed by atoms with E-state index in [0.29, 0.717) is 45.8 Å². The normalized spacial score (nSPS) is 33.4. The summed E-state index contributed by atoms with van der Waals surface area (Å²) in [5.74, 6) is -0.859. The zero-order valence-electron chi connectivity index (χ0n) is 28.3. The first-order chi connectivity index (χ1) is 22.4. The average molecular weight is 663 g/mol. The van der Waals surface area contributed by atoms with Crippen LogP contribution in [-0.2, 0) is 47.5 Å². The number of amides is 2. The van der Waals surface area contributed by atoms with Crippen LogP contribution < -0.4 is 5.32 Å². The number of hydrogen-bond acceptors (Lipinski definition) is 11. The third-order valence-electron chi connectivity index (χ3n) is 9.01. The molecule has 13 nitrogen and oxygen atoms in total.